The van der Waals surface area contributed by atoms with E-state index in [1.54, 1.807) is 11.8 Å². The second-order valence-corrected chi connectivity index (χ2v) is 4.78. The molecule has 0 aromatic carbocycles. The molecule has 3 atom stereocenters. The third-order valence-corrected chi connectivity index (χ3v) is 3.18. The minimum atomic E-state index is -0.602. The normalized spacial score (nSPS) is 23.9. The molecule has 3 N–H and O–H groups in total. The van der Waals surface area contributed by atoms with Gasteiger partial charge in [0, 0.05) is 19.0 Å². The summed E-state index contributed by atoms with van der Waals surface area (Å²) in [5, 5.41) is 9.44. The molecule has 96 valence electrons. The van der Waals surface area contributed by atoms with Crippen LogP contribution in [0, 0.1) is 12.3 Å². The number of aliphatic hydroxyl groups is 1. The number of amides is 1. The first-order valence-electron chi connectivity index (χ1n) is 6.23. The highest BCUT2D eigenvalue weighted by Gasteiger charge is 2.30. The number of hydrogen-bond donors (Lipinski definition) is 2. The average molecular weight is 238 g/mol. The maximum Gasteiger partial charge on any atom is 0.240 e. The maximum atomic E-state index is 12.1. The standard InChI is InChI=1S/C13H22N2O2/c1-3-6-12(14)13(17)15-8-5-4-7-11(15)9-10(2)16/h1,10-12,16H,4-9,14H2,2H3. The Kier molecular flexibility index (Phi) is 5.46. The number of nitrogens with zero attached hydrogens (tertiary/aromatic N) is 1. The van der Waals surface area contributed by atoms with Crippen molar-refractivity contribution in [2.75, 3.05) is 6.54 Å². The largest absolute Gasteiger partial charge is 0.393 e. The monoisotopic (exact) mass is 238 g/mol. The Balaban J connectivity index is 2.64. The number of hydrogen-bond acceptors (Lipinski definition) is 3. The van der Waals surface area contributed by atoms with Crippen molar-refractivity contribution in [1.29, 1.82) is 0 Å². The Hall–Kier alpha value is -1.05. The Morgan fingerprint density at radius 3 is 2.94 bits per heavy atom. The van der Waals surface area contributed by atoms with Crippen molar-refractivity contribution >= 4 is 5.91 Å². The Bertz CT molecular complexity index is 296. The van der Waals surface area contributed by atoms with Crippen LogP contribution in [0.25, 0.3) is 0 Å². The van der Waals surface area contributed by atoms with E-state index in [0.29, 0.717) is 6.42 Å². The predicted molar refractivity (Wildman–Crippen MR) is 67.1 cm³/mol. The van der Waals surface area contributed by atoms with Gasteiger partial charge < -0.3 is 15.7 Å². The van der Waals surface area contributed by atoms with Gasteiger partial charge in [-0.2, -0.15) is 0 Å². The summed E-state index contributed by atoms with van der Waals surface area (Å²) in [6, 6.07) is -0.491. The first-order chi connectivity index (χ1) is 8.06. The molecule has 0 aromatic rings. The van der Waals surface area contributed by atoms with Crippen LogP contribution < -0.4 is 5.73 Å². The van der Waals surface area contributed by atoms with Crippen LogP contribution in [0.2, 0.25) is 0 Å². The summed E-state index contributed by atoms with van der Waals surface area (Å²) in [7, 11) is 0. The van der Waals surface area contributed by atoms with Gasteiger partial charge in [-0.1, -0.05) is 0 Å². The summed E-state index contributed by atoms with van der Waals surface area (Å²) >= 11 is 0. The van der Waals surface area contributed by atoms with Gasteiger partial charge in [-0.3, -0.25) is 4.79 Å². The van der Waals surface area contributed by atoms with E-state index in [1.807, 2.05) is 0 Å². The molecule has 0 bridgehead atoms. The molecule has 1 fully saturated rings. The van der Waals surface area contributed by atoms with Crippen LogP contribution in [0.15, 0.2) is 0 Å². The molecular formula is C13H22N2O2. The zero-order chi connectivity index (χ0) is 12.8. The maximum absolute atomic E-state index is 12.1. The van der Waals surface area contributed by atoms with Gasteiger partial charge in [0.15, 0.2) is 0 Å². The third-order valence-electron chi connectivity index (χ3n) is 3.18. The van der Waals surface area contributed by atoms with E-state index in [1.165, 1.54) is 0 Å². The summed E-state index contributed by atoms with van der Waals surface area (Å²) < 4.78 is 0. The fourth-order valence-corrected chi connectivity index (χ4v) is 2.36. The Labute approximate surface area is 103 Å². The van der Waals surface area contributed by atoms with Crippen LogP contribution in [0.5, 0.6) is 0 Å². The summed E-state index contributed by atoms with van der Waals surface area (Å²) in [4.78, 5) is 13.9. The predicted octanol–water partition coefficient (Wildman–Crippen LogP) is 0.489. The van der Waals surface area contributed by atoms with E-state index < -0.39 is 12.1 Å². The number of aliphatic hydroxyl groups excluding tert-OH is 1. The molecule has 1 heterocycles. The van der Waals surface area contributed by atoms with Crippen molar-refractivity contribution in [2.24, 2.45) is 5.73 Å². The van der Waals surface area contributed by atoms with Gasteiger partial charge in [0.05, 0.1) is 12.1 Å². The minimum Gasteiger partial charge on any atom is -0.393 e. The molecule has 3 unspecified atom stereocenters. The van der Waals surface area contributed by atoms with E-state index in [-0.39, 0.29) is 18.4 Å². The van der Waals surface area contributed by atoms with Gasteiger partial charge in [0.1, 0.15) is 0 Å². The number of piperidine rings is 1. The van der Waals surface area contributed by atoms with Gasteiger partial charge in [0.2, 0.25) is 5.91 Å². The van der Waals surface area contributed by atoms with Crippen LogP contribution >= 0.6 is 0 Å². The SMILES string of the molecule is C#CCC(N)C(=O)N1CCCCC1CC(C)O. The quantitative estimate of drug-likeness (QED) is 0.700. The Morgan fingerprint density at radius 2 is 2.35 bits per heavy atom. The lowest BCUT2D eigenvalue weighted by Gasteiger charge is -2.37. The molecule has 0 aromatic heterocycles. The van der Waals surface area contributed by atoms with Crippen LogP contribution in [0.1, 0.15) is 39.0 Å². The van der Waals surface area contributed by atoms with Gasteiger partial charge in [0.25, 0.3) is 0 Å². The molecule has 1 aliphatic rings. The van der Waals surface area contributed by atoms with E-state index in [2.05, 4.69) is 5.92 Å². The van der Waals surface area contributed by atoms with Crippen molar-refractivity contribution in [3.05, 3.63) is 0 Å². The lowest BCUT2D eigenvalue weighted by Crippen LogP contribution is -2.51. The average Bonchev–Trinajstić information content (AvgIpc) is 2.28. The van der Waals surface area contributed by atoms with Gasteiger partial charge in [-0.05, 0) is 32.6 Å². The highest BCUT2D eigenvalue weighted by Crippen LogP contribution is 2.21. The number of likely N-dealkylation sites (tertiary alicyclic amines) is 1. The first-order valence-corrected chi connectivity index (χ1v) is 6.23. The summed E-state index contributed by atoms with van der Waals surface area (Å²) in [5.41, 5.74) is 5.76. The molecule has 0 saturated carbocycles. The van der Waals surface area contributed by atoms with Crippen LogP contribution in [-0.2, 0) is 4.79 Å². The molecule has 1 aliphatic heterocycles. The summed E-state index contributed by atoms with van der Waals surface area (Å²) in [6.07, 6.45) is 8.73. The molecule has 4 nitrogen and oxygen atoms in total. The highest BCUT2D eigenvalue weighted by atomic mass is 16.3. The van der Waals surface area contributed by atoms with Crippen molar-refractivity contribution in [3.63, 3.8) is 0 Å². The second kappa shape index (κ2) is 6.63. The smallest absolute Gasteiger partial charge is 0.240 e. The van der Waals surface area contributed by atoms with Gasteiger partial charge >= 0.3 is 0 Å². The van der Waals surface area contributed by atoms with E-state index in [9.17, 15) is 9.90 Å². The van der Waals surface area contributed by atoms with E-state index >= 15 is 0 Å². The molecule has 1 saturated heterocycles. The van der Waals surface area contributed by atoms with Gasteiger partial charge in [-0.25, -0.2) is 0 Å². The Morgan fingerprint density at radius 1 is 1.65 bits per heavy atom. The van der Waals surface area contributed by atoms with E-state index in [4.69, 9.17) is 12.2 Å². The molecule has 1 rings (SSSR count). The molecule has 0 radical (unpaired) electrons. The molecule has 4 heteroatoms. The number of carbonyl (C=O) groups is 1. The number of rotatable bonds is 4. The van der Waals surface area contributed by atoms with Crippen molar-refractivity contribution in [2.45, 2.75) is 57.2 Å². The lowest BCUT2D eigenvalue weighted by molar-refractivity contribution is -0.136. The zero-order valence-electron chi connectivity index (χ0n) is 10.4. The third kappa shape index (κ3) is 4.03. The fraction of sp³-hybridized carbons (Fsp3) is 0.769. The second-order valence-electron chi connectivity index (χ2n) is 4.78. The number of carbonyl (C=O) groups excluding carboxylic acids is 1. The van der Waals surface area contributed by atoms with Crippen LogP contribution in [0.4, 0.5) is 0 Å². The fourth-order valence-electron chi connectivity index (χ4n) is 2.36. The van der Waals surface area contributed by atoms with Crippen molar-refractivity contribution in [1.82, 2.24) is 4.90 Å². The van der Waals surface area contributed by atoms with Gasteiger partial charge in [-0.15, -0.1) is 12.3 Å². The molecule has 17 heavy (non-hydrogen) atoms. The molecular weight excluding hydrogens is 216 g/mol. The number of terminal acetylenes is 1. The lowest BCUT2D eigenvalue weighted by atomic mass is 9.96. The topological polar surface area (TPSA) is 66.6 Å². The zero-order valence-corrected chi connectivity index (χ0v) is 10.4. The highest BCUT2D eigenvalue weighted by molar-refractivity contribution is 5.82. The molecule has 0 spiro atoms. The van der Waals surface area contributed by atoms with Crippen molar-refractivity contribution in [3.8, 4) is 12.3 Å². The molecule has 0 aliphatic carbocycles. The summed E-state index contributed by atoms with van der Waals surface area (Å²) in [6.45, 7) is 2.48. The van der Waals surface area contributed by atoms with Crippen LogP contribution in [0.3, 0.4) is 0 Å². The minimum absolute atomic E-state index is 0.0756. The van der Waals surface area contributed by atoms with Crippen LogP contribution in [-0.4, -0.2) is 40.6 Å². The summed E-state index contributed by atoms with van der Waals surface area (Å²) in [5.74, 6) is 2.35. The number of nitrogens with two attached hydrogens (primary N) is 1. The molecule has 1 amide bonds. The first kappa shape index (κ1) is 14.0. The van der Waals surface area contributed by atoms with E-state index in [0.717, 1.165) is 25.8 Å². The van der Waals surface area contributed by atoms with Crippen molar-refractivity contribution < 1.29 is 9.90 Å².